The molecule has 0 N–H and O–H groups in total. The molecular weight excluding hydrogens is 451 g/mol. The minimum absolute atomic E-state index is 0.0259. The van der Waals surface area contributed by atoms with Gasteiger partial charge in [-0.2, -0.15) is 0 Å². The molecule has 7 heteroatoms. The Labute approximate surface area is 203 Å². The van der Waals surface area contributed by atoms with E-state index in [0.29, 0.717) is 35.6 Å². The Morgan fingerprint density at radius 1 is 1.15 bits per heavy atom. The number of amides is 1. The number of rotatable bonds is 8. The highest BCUT2D eigenvalue weighted by molar-refractivity contribution is 7.93. The molecule has 178 valence electrons. The van der Waals surface area contributed by atoms with Crippen LogP contribution in [0.1, 0.15) is 55.6 Å². The van der Waals surface area contributed by atoms with Crippen LogP contribution in [-0.2, 0) is 35.6 Å². The Morgan fingerprint density at radius 3 is 2.68 bits per heavy atom. The number of hydrogen-bond acceptors (Lipinski definition) is 4. The largest absolute Gasteiger partial charge is 0.608 e. The van der Waals surface area contributed by atoms with Gasteiger partial charge in [0.05, 0.1) is 18.3 Å². The van der Waals surface area contributed by atoms with Crippen LogP contribution < -0.4 is 4.74 Å². The molecule has 1 aliphatic heterocycles. The number of nitrogens with zero attached hydrogens (tertiary/aromatic N) is 2. The molecule has 2 aromatic carbocycles. The van der Waals surface area contributed by atoms with E-state index in [9.17, 15) is 13.7 Å². The third-order valence-corrected chi connectivity index (χ3v) is 7.77. The summed E-state index contributed by atoms with van der Waals surface area (Å²) in [5.41, 5.74) is 3.22. The average molecular weight is 481 g/mol. The lowest BCUT2D eigenvalue weighted by atomic mass is 10.0. The van der Waals surface area contributed by atoms with Crippen LogP contribution in [0.15, 0.2) is 71.8 Å². The van der Waals surface area contributed by atoms with Gasteiger partial charge in [-0.1, -0.05) is 36.4 Å². The van der Waals surface area contributed by atoms with Crippen LogP contribution in [0, 0.1) is 0 Å². The molecule has 2 unspecified atom stereocenters. The van der Waals surface area contributed by atoms with Crippen LogP contribution >= 0.6 is 0 Å². The zero-order valence-electron chi connectivity index (χ0n) is 19.7. The first-order chi connectivity index (χ1) is 16.3. The summed E-state index contributed by atoms with van der Waals surface area (Å²) in [5.74, 6) is 0.594. The van der Waals surface area contributed by atoms with Crippen molar-refractivity contribution in [1.82, 2.24) is 9.88 Å². The molecule has 0 fully saturated rings. The molecule has 0 saturated carbocycles. The van der Waals surface area contributed by atoms with Crippen LogP contribution in [0.25, 0.3) is 0 Å². The summed E-state index contributed by atoms with van der Waals surface area (Å²) in [6, 6.07) is 18.3. The Hall–Kier alpha value is -2.90. The number of halogens is 1. The number of alkyl halides is 1. The lowest BCUT2D eigenvalue weighted by Gasteiger charge is -2.30. The fraction of sp³-hybridized carbons (Fsp3) is 0.333. The summed E-state index contributed by atoms with van der Waals surface area (Å²) in [5, 5.41) is 0. The highest BCUT2D eigenvalue weighted by atomic mass is 32.2. The van der Waals surface area contributed by atoms with Crippen LogP contribution in [0.2, 0.25) is 0 Å². The van der Waals surface area contributed by atoms with E-state index in [-0.39, 0.29) is 11.9 Å². The van der Waals surface area contributed by atoms with Gasteiger partial charge in [0, 0.05) is 43.7 Å². The van der Waals surface area contributed by atoms with Crippen molar-refractivity contribution in [2.45, 2.75) is 62.7 Å². The summed E-state index contributed by atoms with van der Waals surface area (Å²) in [6.07, 6.45) is 2.53. The number of pyridine rings is 1. The van der Waals surface area contributed by atoms with Crippen LogP contribution in [0.5, 0.6) is 5.75 Å². The predicted octanol–water partition coefficient (Wildman–Crippen LogP) is 5.51. The molecule has 0 spiro atoms. The molecule has 0 aliphatic carbocycles. The lowest BCUT2D eigenvalue weighted by molar-refractivity contribution is -0.134. The maximum atomic E-state index is 13.4. The van der Waals surface area contributed by atoms with Gasteiger partial charge < -0.3 is 14.2 Å². The standard InChI is InChI=1S/C27H29FN2O3S/c1-19(22-11-12-24-25(16-22)34(32)27(2,3)33-24)30(18-23-9-4-5-14-29-23)26(31)13-10-20-7-6-8-21(15-20)17-28/h4-9,11-12,14-16,19H,10,13,17-18H2,1-3H3. The first kappa shape index (κ1) is 24.2. The Balaban J connectivity index is 1.57. The Bertz CT molecular complexity index is 1160. The minimum atomic E-state index is -1.30. The van der Waals surface area contributed by atoms with Crippen molar-refractivity contribution < 1.29 is 18.5 Å². The SMILES string of the molecule is CC(c1ccc2c(c1)[S+]([O-])C(C)(C)O2)N(Cc1ccccn1)C(=O)CCc1cccc(CF)c1. The van der Waals surface area contributed by atoms with Crippen molar-refractivity contribution in [3.8, 4) is 5.75 Å². The van der Waals surface area contributed by atoms with Gasteiger partial charge in [-0.15, -0.1) is 0 Å². The van der Waals surface area contributed by atoms with Crippen molar-refractivity contribution in [2.75, 3.05) is 0 Å². The zero-order valence-corrected chi connectivity index (χ0v) is 20.5. The number of ether oxygens (including phenoxy) is 1. The van der Waals surface area contributed by atoms with Crippen molar-refractivity contribution in [3.63, 3.8) is 0 Å². The summed E-state index contributed by atoms with van der Waals surface area (Å²) in [4.78, 5) is 19.5. The van der Waals surface area contributed by atoms with Gasteiger partial charge in [-0.25, -0.2) is 4.39 Å². The van der Waals surface area contributed by atoms with E-state index in [2.05, 4.69) is 4.98 Å². The van der Waals surface area contributed by atoms with Crippen LogP contribution in [-0.4, -0.2) is 25.3 Å². The summed E-state index contributed by atoms with van der Waals surface area (Å²) in [6.45, 7) is 5.41. The number of hydrogen-bond donors (Lipinski definition) is 0. The maximum Gasteiger partial charge on any atom is 0.263 e. The molecule has 1 amide bonds. The second-order valence-electron chi connectivity index (χ2n) is 8.95. The third-order valence-electron chi connectivity index (χ3n) is 6.07. The first-order valence-corrected chi connectivity index (χ1v) is 12.5. The number of carbonyl (C=O) groups excluding carboxylic acids is 1. The van der Waals surface area contributed by atoms with Crippen molar-refractivity contribution in [2.24, 2.45) is 0 Å². The molecule has 1 aliphatic rings. The first-order valence-electron chi connectivity index (χ1n) is 11.4. The van der Waals surface area contributed by atoms with E-state index in [1.807, 2.05) is 55.5 Å². The maximum absolute atomic E-state index is 13.4. The topological polar surface area (TPSA) is 65.5 Å². The molecule has 0 saturated heterocycles. The quantitative estimate of drug-likeness (QED) is 0.399. The predicted molar refractivity (Wildman–Crippen MR) is 130 cm³/mol. The number of fused-ring (bicyclic) bond motifs is 1. The zero-order chi connectivity index (χ0) is 24.3. The van der Waals surface area contributed by atoms with E-state index < -0.39 is 22.8 Å². The number of benzene rings is 2. The number of aromatic nitrogens is 1. The molecule has 2 atom stereocenters. The third kappa shape index (κ3) is 5.26. The average Bonchev–Trinajstić information content (AvgIpc) is 3.08. The molecule has 4 rings (SSSR count). The van der Waals surface area contributed by atoms with E-state index in [1.54, 1.807) is 37.1 Å². The minimum Gasteiger partial charge on any atom is -0.608 e. The van der Waals surface area contributed by atoms with Crippen LogP contribution in [0.3, 0.4) is 0 Å². The Morgan fingerprint density at radius 2 is 1.94 bits per heavy atom. The monoisotopic (exact) mass is 480 g/mol. The van der Waals surface area contributed by atoms with Gasteiger partial charge in [0.15, 0.2) is 10.6 Å². The number of aryl methyl sites for hydroxylation is 1. The van der Waals surface area contributed by atoms with Gasteiger partial charge in [-0.05, 0) is 48.2 Å². The van der Waals surface area contributed by atoms with Gasteiger partial charge in [0.1, 0.15) is 6.67 Å². The van der Waals surface area contributed by atoms with Gasteiger partial charge in [-0.3, -0.25) is 9.78 Å². The molecule has 34 heavy (non-hydrogen) atoms. The molecule has 0 bridgehead atoms. The van der Waals surface area contributed by atoms with E-state index in [0.717, 1.165) is 16.8 Å². The van der Waals surface area contributed by atoms with E-state index in [1.165, 1.54) is 0 Å². The second-order valence-corrected chi connectivity index (χ2v) is 10.9. The lowest BCUT2D eigenvalue weighted by Crippen LogP contribution is -2.34. The van der Waals surface area contributed by atoms with Crippen molar-refractivity contribution in [3.05, 3.63) is 89.2 Å². The normalized spacial score (nSPS) is 17.0. The fourth-order valence-corrected chi connectivity index (χ4v) is 5.36. The Kier molecular flexibility index (Phi) is 7.24. The van der Waals surface area contributed by atoms with Crippen LogP contribution in [0.4, 0.5) is 4.39 Å². The van der Waals surface area contributed by atoms with Gasteiger partial charge in [0.2, 0.25) is 5.91 Å². The molecule has 5 nitrogen and oxygen atoms in total. The molecule has 3 aromatic rings. The van der Waals surface area contributed by atoms with E-state index >= 15 is 0 Å². The molecular formula is C27H29FN2O3S. The second kappa shape index (κ2) is 10.2. The van der Waals surface area contributed by atoms with E-state index in [4.69, 9.17) is 4.74 Å². The fourth-order valence-electron chi connectivity index (χ4n) is 4.13. The van der Waals surface area contributed by atoms with Crippen molar-refractivity contribution in [1.29, 1.82) is 0 Å². The molecule has 0 radical (unpaired) electrons. The molecule has 1 aromatic heterocycles. The van der Waals surface area contributed by atoms with Gasteiger partial charge >= 0.3 is 0 Å². The molecule has 2 heterocycles. The highest BCUT2D eigenvalue weighted by Gasteiger charge is 2.45. The highest BCUT2D eigenvalue weighted by Crippen LogP contribution is 2.43. The summed E-state index contributed by atoms with van der Waals surface area (Å²) >= 11 is -1.30. The van der Waals surface area contributed by atoms with Crippen molar-refractivity contribution >= 4 is 17.1 Å². The smallest absolute Gasteiger partial charge is 0.263 e. The number of carbonyl (C=O) groups is 1. The van der Waals surface area contributed by atoms with Gasteiger partial charge in [0.25, 0.3) is 4.93 Å². The summed E-state index contributed by atoms with van der Waals surface area (Å²) in [7, 11) is 0. The summed E-state index contributed by atoms with van der Waals surface area (Å²) < 4.78 is 31.7.